The highest BCUT2D eigenvalue weighted by Crippen LogP contribution is 2.29. The molecule has 1 fully saturated rings. The number of rotatable bonds is 1. The van der Waals surface area contributed by atoms with Gasteiger partial charge in [-0.15, -0.1) is 0 Å². The maximum Gasteiger partial charge on any atom is 0.410 e. The third-order valence-corrected chi connectivity index (χ3v) is 2.59. The number of halogens is 1. The Morgan fingerprint density at radius 1 is 1.50 bits per heavy atom. The van der Waals surface area contributed by atoms with E-state index in [-0.39, 0.29) is 12.2 Å². The van der Waals surface area contributed by atoms with Crippen molar-refractivity contribution in [2.75, 3.05) is 13.6 Å². The molecule has 1 aliphatic heterocycles. The van der Waals surface area contributed by atoms with Crippen LogP contribution in [0.4, 0.5) is 4.79 Å². The molecule has 0 aromatic heterocycles. The fourth-order valence-corrected chi connectivity index (χ4v) is 1.73. The van der Waals surface area contributed by atoms with Crippen molar-refractivity contribution in [2.45, 2.75) is 6.10 Å². The average Bonchev–Trinajstić information content (AvgIpc) is 2.48. The van der Waals surface area contributed by atoms with Gasteiger partial charge in [-0.25, -0.2) is 4.79 Å². The van der Waals surface area contributed by atoms with E-state index in [2.05, 4.69) is 0 Å². The van der Waals surface area contributed by atoms with Gasteiger partial charge in [-0.1, -0.05) is 29.8 Å². The van der Waals surface area contributed by atoms with E-state index in [1.165, 1.54) is 4.90 Å². The molecule has 0 N–H and O–H groups in total. The van der Waals surface area contributed by atoms with Crippen molar-refractivity contribution in [3.63, 3.8) is 0 Å². The predicted molar refractivity (Wildman–Crippen MR) is 53.3 cm³/mol. The van der Waals surface area contributed by atoms with E-state index >= 15 is 0 Å². The Kier molecular flexibility index (Phi) is 2.33. The third-order valence-electron chi connectivity index (χ3n) is 2.25. The van der Waals surface area contributed by atoms with Crippen LogP contribution in [0.3, 0.4) is 0 Å². The van der Waals surface area contributed by atoms with E-state index in [1.54, 1.807) is 13.1 Å². The van der Waals surface area contributed by atoms with Gasteiger partial charge in [0.1, 0.15) is 6.10 Å². The minimum atomic E-state index is -0.296. The summed E-state index contributed by atoms with van der Waals surface area (Å²) in [5.41, 5.74) is 0.867. The van der Waals surface area contributed by atoms with Crippen molar-refractivity contribution < 1.29 is 9.53 Å². The van der Waals surface area contributed by atoms with Gasteiger partial charge in [0.2, 0.25) is 0 Å². The second-order valence-electron chi connectivity index (χ2n) is 3.27. The first-order valence-electron chi connectivity index (χ1n) is 4.34. The number of ether oxygens (including phenoxy) is 1. The summed E-state index contributed by atoms with van der Waals surface area (Å²) in [4.78, 5) is 12.7. The smallest absolute Gasteiger partial charge is 0.410 e. The van der Waals surface area contributed by atoms with Gasteiger partial charge in [-0.2, -0.15) is 0 Å². The number of amides is 1. The molecule has 1 aromatic rings. The lowest BCUT2D eigenvalue weighted by Crippen LogP contribution is -2.17. The summed E-state index contributed by atoms with van der Waals surface area (Å²) in [6.07, 6.45) is -0.531. The molecule has 0 saturated carbocycles. The van der Waals surface area contributed by atoms with Crippen LogP contribution in [0.5, 0.6) is 0 Å². The molecule has 4 heteroatoms. The number of cyclic esters (lactones) is 1. The summed E-state index contributed by atoms with van der Waals surface area (Å²) in [6.45, 7) is 0.558. The number of likely N-dealkylation sites (N-methyl/N-ethyl adjacent to an activating group) is 1. The van der Waals surface area contributed by atoms with Gasteiger partial charge in [0.25, 0.3) is 0 Å². The zero-order valence-corrected chi connectivity index (χ0v) is 8.49. The van der Waals surface area contributed by atoms with Crippen LogP contribution in [0.2, 0.25) is 5.02 Å². The lowest BCUT2D eigenvalue weighted by molar-refractivity contribution is 0.135. The molecule has 0 bridgehead atoms. The minimum absolute atomic E-state index is 0.235. The topological polar surface area (TPSA) is 29.5 Å². The van der Waals surface area contributed by atoms with Crippen molar-refractivity contribution in [1.29, 1.82) is 0 Å². The Balaban J connectivity index is 2.25. The quantitative estimate of drug-likeness (QED) is 0.714. The predicted octanol–water partition coefficient (Wildman–Crippen LogP) is 2.46. The van der Waals surface area contributed by atoms with E-state index in [0.717, 1.165) is 5.56 Å². The van der Waals surface area contributed by atoms with Crippen molar-refractivity contribution in [1.82, 2.24) is 4.90 Å². The molecule has 1 unspecified atom stereocenters. The van der Waals surface area contributed by atoms with Gasteiger partial charge in [0.05, 0.1) is 6.54 Å². The van der Waals surface area contributed by atoms with Crippen LogP contribution in [-0.4, -0.2) is 24.6 Å². The lowest BCUT2D eigenvalue weighted by Gasteiger charge is -2.09. The summed E-state index contributed by atoms with van der Waals surface area (Å²) in [5, 5.41) is 0.639. The highest BCUT2D eigenvalue weighted by atomic mass is 35.5. The molecule has 1 saturated heterocycles. The Hall–Kier alpha value is -1.22. The van der Waals surface area contributed by atoms with Gasteiger partial charge >= 0.3 is 6.09 Å². The zero-order chi connectivity index (χ0) is 10.1. The zero-order valence-electron chi connectivity index (χ0n) is 7.74. The molecule has 0 spiro atoms. The Labute approximate surface area is 87.2 Å². The summed E-state index contributed by atoms with van der Waals surface area (Å²) < 4.78 is 5.14. The molecular weight excluding hydrogens is 202 g/mol. The molecule has 3 nitrogen and oxygen atoms in total. The van der Waals surface area contributed by atoms with Gasteiger partial charge in [-0.05, 0) is 6.07 Å². The SMILES string of the molecule is CN1CC(c2ccccc2Cl)OC1=O. The largest absolute Gasteiger partial charge is 0.439 e. The van der Waals surface area contributed by atoms with Gasteiger partial charge in [0, 0.05) is 17.6 Å². The highest BCUT2D eigenvalue weighted by Gasteiger charge is 2.30. The first-order valence-corrected chi connectivity index (χ1v) is 4.72. The lowest BCUT2D eigenvalue weighted by atomic mass is 10.1. The Morgan fingerprint density at radius 2 is 2.21 bits per heavy atom. The van der Waals surface area contributed by atoms with E-state index in [4.69, 9.17) is 16.3 Å². The molecule has 0 radical (unpaired) electrons. The second-order valence-corrected chi connectivity index (χ2v) is 3.68. The average molecular weight is 212 g/mol. The molecule has 1 atom stereocenters. The van der Waals surface area contributed by atoms with E-state index in [9.17, 15) is 4.79 Å². The second kappa shape index (κ2) is 3.50. The molecule has 1 heterocycles. The molecule has 1 aromatic carbocycles. The van der Waals surface area contributed by atoms with Crippen LogP contribution in [0.15, 0.2) is 24.3 Å². The van der Waals surface area contributed by atoms with E-state index in [0.29, 0.717) is 11.6 Å². The summed E-state index contributed by atoms with van der Waals surface area (Å²) >= 11 is 5.99. The van der Waals surface area contributed by atoms with Crippen LogP contribution in [0.1, 0.15) is 11.7 Å². The van der Waals surface area contributed by atoms with E-state index in [1.807, 2.05) is 18.2 Å². The Morgan fingerprint density at radius 3 is 2.79 bits per heavy atom. The van der Waals surface area contributed by atoms with Gasteiger partial charge < -0.3 is 9.64 Å². The van der Waals surface area contributed by atoms with Crippen LogP contribution < -0.4 is 0 Å². The molecule has 14 heavy (non-hydrogen) atoms. The van der Waals surface area contributed by atoms with Crippen LogP contribution in [0.25, 0.3) is 0 Å². The number of nitrogens with zero attached hydrogens (tertiary/aromatic N) is 1. The van der Waals surface area contributed by atoms with Crippen molar-refractivity contribution in [3.05, 3.63) is 34.9 Å². The molecular formula is C10H10ClNO2. The molecule has 1 aliphatic rings. The first-order chi connectivity index (χ1) is 6.68. The number of carbonyl (C=O) groups is 1. The van der Waals surface area contributed by atoms with Gasteiger partial charge in [-0.3, -0.25) is 0 Å². The number of hydrogen-bond donors (Lipinski definition) is 0. The fourth-order valence-electron chi connectivity index (χ4n) is 1.47. The van der Waals surface area contributed by atoms with E-state index < -0.39 is 0 Å². The molecule has 2 rings (SSSR count). The Bertz CT molecular complexity index is 367. The number of benzene rings is 1. The highest BCUT2D eigenvalue weighted by molar-refractivity contribution is 6.31. The number of hydrogen-bond acceptors (Lipinski definition) is 2. The normalized spacial score (nSPS) is 21.1. The molecule has 1 amide bonds. The van der Waals surface area contributed by atoms with Crippen molar-refractivity contribution in [2.24, 2.45) is 0 Å². The standard InChI is InChI=1S/C10H10ClNO2/c1-12-6-9(14-10(12)13)7-4-2-3-5-8(7)11/h2-5,9H,6H2,1H3. The van der Waals surface area contributed by atoms with Gasteiger partial charge in [0.15, 0.2) is 0 Å². The molecule has 74 valence electrons. The monoisotopic (exact) mass is 211 g/mol. The van der Waals surface area contributed by atoms with Crippen LogP contribution >= 0.6 is 11.6 Å². The minimum Gasteiger partial charge on any atom is -0.439 e. The van der Waals surface area contributed by atoms with Crippen molar-refractivity contribution in [3.8, 4) is 0 Å². The maximum absolute atomic E-state index is 11.1. The maximum atomic E-state index is 11.1. The summed E-state index contributed by atoms with van der Waals surface area (Å²) in [7, 11) is 1.71. The summed E-state index contributed by atoms with van der Waals surface area (Å²) in [5.74, 6) is 0. The van der Waals surface area contributed by atoms with Crippen LogP contribution in [0, 0.1) is 0 Å². The van der Waals surface area contributed by atoms with Crippen molar-refractivity contribution >= 4 is 17.7 Å². The summed E-state index contributed by atoms with van der Waals surface area (Å²) in [6, 6.07) is 7.40. The third kappa shape index (κ3) is 1.55. The first kappa shape index (κ1) is 9.34. The van der Waals surface area contributed by atoms with Crippen LogP contribution in [-0.2, 0) is 4.74 Å². The molecule has 0 aliphatic carbocycles. The fraction of sp³-hybridized carbons (Fsp3) is 0.300. The number of carbonyl (C=O) groups excluding carboxylic acids is 1.